The molecular formula is C30H58N2O5P+. The fourth-order valence-electron chi connectivity index (χ4n) is 4.47. The van der Waals surface area contributed by atoms with Gasteiger partial charge in [0.05, 0.1) is 27.1 Å². The zero-order valence-electron chi connectivity index (χ0n) is 25.0. The van der Waals surface area contributed by atoms with Gasteiger partial charge >= 0.3 is 0 Å². The molecule has 8 heteroatoms. The monoisotopic (exact) mass is 557 g/mol. The third-order valence-electron chi connectivity index (χ3n) is 6.95. The Bertz CT molecular complexity index is 657. The lowest BCUT2D eigenvalue weighted by Gasteiger charge is -2.18. The number of ketones is 1. The smallest absolute Gasteiger partial charge is 0.219 e. The molecule has 0 aromatic carbocycles. The molecule has 0 aliphatic rings. The molecule has 0 saturated heterocycles. The van der Waals surface area contributed by atoms with Crippen molar-refractivity contribution in [2.45, 2.75) is 148 Å². The first kappa shape index (κ1) is 36.8. The first-order chi connectivity index (χ1) is 18.2. The van der Waals surface area contributed by atoms with E-state index in [0.717, 1.165) is 24.2 Å². The number of nitrogens with one attached hydrogen (secondary N) is 2. The zero-order valence-corrected chi connectivity index (χ0v) is 25.8. The quantitative estimate of drug-likeness (QED) is 0.0918. The number of unbranched alkanes of at least 4 members (excludes halogenated alkanes) is 14. The van der Waals surface area contributed by atoms with Gasteiger partial charge in [0, 0.05) is 31.7 Å². The van der Waals surface area contributed by atoms with E-state index in [1.54, 1.807) is 6.92 Å². The summed E-state index contributed by atoms with van der Waals surface area (Å²) in [6.07, 6.45) is 19.7. The number of amides is 1. The Kier molecular flexibility index (Phi) is 24.1. The van der Waals surface area contributed by atoms with Crippen LogP contribution in [0.2, 0.25) is 0 Å². The largest absolute Gasteiger partial charge is 0.360 e. The third-order valence-corrected chi connectivity index (χ3v) is 8.30. The average Bonchev–Trinajstić information content (AvgIpc) is 2.88. The van der Waals surface area contributed by atoms with Crippen molar-refractivity contribution in [3.05, 3.63) is 0 Å². The number of hydrogen-bond donors (Lipinski definition) is 3. The van der Waals surface area contributed by atoms with Crippen LogP contribution in [0.1, 0.15) is 142 Å². The standard InChI is InChI=1S/C30H57N2O5P/c1-5-7-8-9-10-11-12-13-14-15-16-17-18-19-20-21-27(33)24-26(31-28(34)6-2)25-30(36)38(37)29(35)22-23-32(3)4/h26,37H,5-25H2,1-4H3,(H,31,34)/p+1. The summed E-state index contributed by atoms with van der Waals surface area (Å²) in [6, 6.07) is -0.664. The summed E-state index contributed by atoms with van der Waals surface area (Å²) in [7, 11) is 1.39. The van der Waals surface area contributed by atoms with Gasteiger partial charge in [-0.05, 0) is 6.42 Å². The SMILES string of the molecule is CCCCCCCCCCCCCCCCCC(=O)CC(CC(=O)P(O)C(=O)CC[NH+](C)C)NC(=O)CC. The molecule has 0 rings (SSSR count). The molecule has 0 aromatic rings. The molecule has 0 heterocycles. The van der Waals surface area contributed by atoms with Gasteiger partial charge in [0.25, 0.3) is 0 Å². The van der Waals surface area contributed by atoms with Crippen LogP contribution in [-0.2, 0) is 19.2 Å². The highest BCUT2D eigenvalue weighted by atomic mass is 31.1. The van der Waals surface area contributed by atoms with E-state index in [1.165, 1.54) is 77.0 Å². The Morgan fingerprint density at radius 1 is 0.684 bits per heavy atom. The molecule has 38 heavy (non-hydrogen) atoms. The predicted octanol–water partition coefficient (Wildman–Crippen LogP) is 5.47. The number of hydrogen-bond acceptors (Lipinski definition) is 5. The van der Waals surface area contributed by atoms with Crippen LogP contribution >= 0.6 is 8.15 Å². The van der Waals surface area contributed by atoms with Gasteiger partial charge in [0.2, 0.25) is 5.91 Å². The number of carbonyl (C=O) groups is 4. The molecule has 2 unspecified atom stereocenters. The molecule has 1 amide bonds. The van der Waals surface area contributed by atoms with E-state index in [-0.39, 0.29) is 37.4 Å². The number of carbonyl (C=O) groups excluding carboxylic acids is 4. The van der Waals surface area contributed by atoms with Crippen LogP contribution in [0.3, 0.4) is 0 Å². The molecule has 0 bridgehead atoms. The molecule has 0 aliphatic heterocycles. The van der Waals surface area contributed by atoms with E-state index in [4.69, 9.17) is 0 Å². The maximum atomic E-state index is 12.5. The minimum absolute atomic E-state index is 0.0127. The van der Waals surface area contributed by atoms with Gasteiger partial charge in [-0.3, -0.25) is 19.2 Å². The molecule has 2 atom stereocenters. The van der Waals surface area contributed by atoms with Crippen molar-refractivity contribution >= 4 is 30.9 Å². The van der Waals surface area contributed by atoms with Gasteiger partial charge in [-0.15, -0.1) is 0 Å². The highest BCUT2D eigenvalue weighted by Crippen LogP contribution is 2.35. The van der Waals surface area contributed by atoms with Crippen LogP contribution in [-0.4, -0.2) is 54.3 Å². The van der Waals surface area contributed by atoms with Gasteiger partial charge in [0.1, 0.15) is 5.78 Å². The summed E-state index contributed by atoms with van der Waals surface area (Å²) in [4.78, 5) is 60.3. The molecule has 3 N–H and O–H groups in total. The second-order valence-corrected chi connectivity index (χ2v) is 12.7. The Morgan fingerprint density at radius 3 is 1.61 bits per heavy atom. The van der Waals surface area contributed by atoms with Crippen molar-refractivity contribution in [3.63, 3.8) is 0 Å². The Morgan fingerprint density at radius 2 is 1.16 bits per heavy atom. The van der Waals surface area contributed by atoms with Crippen LogP contribution < -0.4 is 10.2 Å². The summed E-state index contributed by atoms with van der Waals surface area (Å²) in [5.41, 5.74) is -1.02. The van der Waals surface area contributed by atoms with Crippen molar-refractivity contribution in [2.24, 2.45) is 0 Å². The van der Waals surface area contributed by atoms with Crippen molar-refractivity contribution < 1.29 is 29.0 Å². The second-order valence-electron chi connectivity index (χ2n) is 11.1. The van der Waals surface area contributed by atoms with Crippen molar-refractivity contribution in [1.82, 2.24) is 5.32 Å². The van der Waals surface area contributed by atoms with Crippen LogP contribution in [0.4, 0.5) is 0 Å². The fourth-order valence-corrected chi connectivity index (χ4v) is 5.47. The minimum Gasteiger partial charge on any atom is -0.360 e. The third kappa shape index (κ3) is 21.7. The predicted molar refractivity (Wildman–Crippen MR) is 157 cm³/mol. The molecule has 0 saturated carbocycles. The lowest BCUT2D eigenvalue weighted by atomic mass is 10.0. The summed E-state index contributed by atoms with van der Waals surface area (Å²) in [5.74, 6) is -0.230. The molecule has 0 fully saturated rings. The van der Waals surface area contributed by atoms with E-state index in [1.807, 2.05) is 14.1 Å². The fraction of sp³-hybridized carbons (Fsp3) is 0.867. The molecule has 0 spiro atoms. The van der Waals surface area contributed by atoms with Gasteiger partial charge in [-0.1, -0.05) is 104 Å². The molecular weight excluding hydrogens is 499 g/mol. The summed E-state index contributed by atoms with van der Waals surface area (Å²) in [6.45, 7) is 4.50. The maximum absolute atomic E-state index is 12.5. The van der Waals surface area contributed by atoms with Crippen molar-refractivity contribution in [3.8, 4) is 0 Å². The van der Waals surface area contributed by atoms with Crippen molar-refractivity contribution in [1.29, 1.82) is 0 Å². The first-order valence-corrected chi connectivity index (χ1v) is 16.6. The Balaban J connectivity index is 4.09. The molecule has 0 radical (unpaired) electrons. The van der Waals surface area contributed by atoms with Crippen molar-refractivity contribution in [2.75, 3.05) is 20.6 Å². The average molecular weight is 558 g/mol. The molecule has 0 aromatic heterocycles. The van der Waals surface area contributed by atoms with Gasteiger partial charge in [-0.25, -0.2) is 0 Å². The highest BCUT2D eigenvalue weighted by molar-refractivity contribution is 7.84. The van der Waals surface area contributed by atoms with Crippen LogP contribution in [0.5, 0.6) is 0 Å². The highest BCUT2D eigenvalue weighted by Gasteiger charge is 2.28. The zero-order chi connectivity index (χ0) is 28.6. The first-order valence-electron chi connectivity index (χ1n) is 15.4. The Labute approximate surface area is 234 Å². The molecule has 222 valence electrons. The molecule has 7 nitrogen and oxygen atoms in total. The topological polar surface area (TPSA) is 105 Å². The second kappa shape index (κ2) is 24.8. The van der Waals surface area contributed by atoms with E-state index in [2.05, 4.69) is 12.2 Å². The minimum atomic E-state index is -2.40. The van der Waals surface area contributed by atoms with Gasteiger partial charge in [-0.2, -0.15) is 0 Å². The number of rotatable bonds is 27. The van der Waals surface area contributed by atoms with Crippen LogP contribution in [0.25, 0.3) is 0 Å². The molecule has 0 aliphatic carbocycles. The lowest BCUT2D eigenvalue weighted by molar-refractivity contribution is -0.857. The van der Waals surface area contributed by atoms with E-state index >= 15 is 0 Å². The van der Waals surface area contributed by atoms with Crippen LogP contribution in [0.15, 0.2) is 0 Å². The number of Topliss-reactive ketones (excluding diaryl/α,β-unsaturated/α-hetero) is 1. The van der Waals surface area contributed by atoms with E-state index < -0.39 is 25.2 Å². The normalized spacial score (nSPS) is 12.9. The summed E-state index contributed by atoms with van der Waals surface area (Å²) in [5, 5.41) is 2.73. The van der Waals surface area contributed by atoms with Gasteiger partial charge in [0.15, 0.2) is 19.2 Å². The lowest BCUT2D eigenvalue weighted by Crippen LogP contribution is -3.05. The maximum Gasteiger partial charge on any atom is 0.219 e. The van der Waals surface area contributed by atoms with Gasteiger partial charge < -0.3 is 15.1 Å². The summed E-state index contributed by atoms with van der Waals surface area (Å²) >= 11 is 0. The van der Waals surface area contributed by atoms with E-state index in [0.29, 0.717) is 13.0 Å². The number of quaternary nitrogens is 1. The van der Waals surface area contributed by atoms with Crippen LogP contribution in [0, 0.1) is 0 Å². The Hall–Kier alpha value is -1.17. The summed E-state index contributed by atoms with van der Waals surface area (Å²) < 4.78 is 0. The van der Waals surface area contributed by atoms with E-state index in [9.17, 15) is 24.1 Å².